The normalized spacial score (nSPS) is 12.2. The number of ketones is 1. The molecule has 0 heterocycles. The van der Waals surface area contributed by atoms with Gasteiger partial charge in [-0.3, -0.25) is 4.79 Å². The molecule has 2 heteroatoms. The number of hydrogen-bond acceptors (Lipinski definition) is 2. The fourth-order valence-corrected chi connectivity index (χ4v) is 2.26. The monoisotopic (exact) mass is 268 g/mol. The van der Waals surface area contributed by atoms with Crippen molar-refractivity contribution < 1.29 is 9.53 Å². The number of carbonyl (C=O) groups excluding carboxylic acids is 1. The zero-order chi connectivity index (χ0) is 14.5. The summed E-state index contributed by atoms with van der Waals surface area (Å²) in [5.41, 5.74) is 3.72. The first-order valence-corrected chi connectivity index (χ1v) is 6.91. The van der Waals surface area contributed by atoms with E-state index in [1.165, 1.54) is 0 Å². The molecule has 0 saturated heterocycles. The summed E-state index contributed by atoms with van der Waals surface area (Å²) in [5.74, 6) is 0.0271. The second-order valence-electron chi connectivity index (χ2n) is 4.93. The number of aryl methyl sites for hydroxylation is 2. The second-order valence-corrected chi connectivity index (χ2v) is 4.93. The van der Waals surface area contributed by atoms with Crippen LogP contribution in [-0.4, -0.2) is 12.4 Å². The molecule has 2 aromatic rings. The lowest BCUT2D eigenvalue weighted by Gasteiger charge is -2.17. The summed E-state index contributed by atoms with van der Waals surface area (Å²) in [5, 5.41) is 0. The van der Waals surface area contributed by atoms with Gasteiger partial charge in [-0.2, -0.15) is 0 Å². The van der Waals surface area contributed by atoms with Crippen LogP contribution in [0.3, 0.4) is 0 Å². The molecule has 20 heavy (non-hydrogen) atoms. The Labute approximate surface area is 120 Å². The average molecular weight is 268 g/mol. The summed E-state index contributed by atoms with van der Waals surface area (Å²) < 4.78 is 5.69. The van der Waals surface area contributed by atoms with Crippen LogP contribution in [0, 0.1) is 13.8 Å². The van der Waals surface area contributed by atoms with Crippen LogP contribution >= 0.6 is 0 Å². The fraction of sp³-hybridized carbons (Fsp3) is 0.278. The zero-order valence-electron chi connectivity index (χ0n) is 12.2. The molecule has 0 bridgehead atoms. The first-order chi connectivity index (χ1) is 9.63. The van der Waals surface area contributed by atoms with E-state index in [1.54, 1.807) is 0 Å². The average Bonchev–Trinajstić information content (AvgIpc) is 2.47. The molecule has 0 amide bonds. The minimum atomic E-state index is -0.526. The van der Waals surface area contributed by atoms with Gasteiger partial charge in [-0.25, -0.2) is 0 Å². The Morgan fingerprint density at radius 3 is 2.45 bits per heavy atom. The van der Waals surface area contributed by atoms with Crippen molar-refractivity contribution >= 4 is 5.78 Å². The lowest BCUT2D eigenvalue weighted by Crippen LogP contribution is -2.17. The van der Waals surface area contributed by atoms with Gasteiger partial charge in [0.1, 0.15) is 6.10 Å². The van der Waals surface area contributed by atoms with E-state index >= 15 is 0 Å². The number of benzene rings is 2. The Morgan fingerprint density at radius 1 is 1.10 bits per heavy atom. The van der Waals surface area contributed by atoms with Crippen molar-refractivity contribution in [1.29, 1.82) is 0 Å². The van der Waals surface area contributed by atoms with Crippen molar-refractivity contribution in [3.05, 3.63) is 70.8 Å². The van der Waals surface area contributed by atoms with Gasteiger partial charge in [0.2, 0.25) is 0 Å². The molecule has 104 valence electrons. The van der Waals surface area contributed by atoms with Crippen molar-refractivity contribution in [3.63, 3.8) is 0 Å². The van der Waals surface area contributed by atoms with Gasteiger partial charge in [-0.15, -0.1) is 0 Å². The second kappa shape index (κ2) is 6.49. The van der Waals surface area contributed by atoms with Crippen LogP contribution < -0.4 is 0 Å². The minimum Gasteiger partial charge on any atom is -0.366 e. The number of Topliss-reactive ketones (excluding diaryl/α,β-unsaturated/α-hetero) is 1. The van der Waals surface area contributed by atoms with E-state index in [2.05, 4.69) is 0 Å². The van der Waals surface area contributed by atoms with E-state index in [4.69, 9.17) is 4.74 Å². The Balaban J connectivity index is 2.39. The van der Waals surface area contributed by atoms with E-state index in [9.17, 15) is 4.79 Å². The molecule has 2 rings (SSSR count). The molecule has 0 N–H and O–H groups in total. The lowest BCUT2D eigenvalue weighted by atomic mass is 9.95. The molecule has 0 spiro atoms. The van der Waals surface area contributed by atoms with Gasteiger partial charge in [0.25, 0.3) is 0 Å². The molecular weight excluding hydrogens is 248 g/mol. The molecule has 1 atom stereocenters. The third-order valence-electron chi connectivity index (χ3n) is 3.33. The highest BCUT2D eigenvalue weighted by molar-refractivity contribution is 6.01. The van der Waals surface area contributed by atoms with E-state index < -0.39 is 6.10 Å². The predicted molar refractivity (Wildman–Crippen MR) is 81.1 cm³/mol. The molecule has 0 radical (unpaired) electrons. The highest BCUT2D eigenvalue weighted by Gasteiger charge is 2.23. The standard InChI is InChI=1S/C18H20O2/c1-4-20-18(15-8-6-5-7-9-15)17(19)16-12-13(2)10-11-14(16)3/h5-12,18H,4H2,1-3H3. The van der Waals surface area contributed by atoms with Crippen LogP contribution in [0.25, 0.3) is 0 Å². The van der Waals surface area contributed by atoms with Crippen molar-refractivity contribution in [2.45, 2.75) is 26.9 Å². The molecular formula is C18H20O2. The maximum absolute atomic E-state index is 12.8. The van der Waals surface area contributed by atoms with Gasteiger partial charge in [-0.1, -0.05) is 48.0 Å². The van der Waals surface area contributed by atoms with Gasteiger partial charge in [0, 0.05) is 12.2 Å². The highest BCUT2D eigenvalue weighted by Crippen LogP contribution is 2.24. The molecule has 0 aromatic heterocycles. The topological polar surface area (TPSA) is 26.3 Å². The Bertz CT molecular complexity index is 588. The summed E-state index contributed by atoms with van der Waals surface area (Å²) in [7, 11) is 0. The predicted octanol–water partition coefficient (Wildman–Crippen LogP) is 4.26. The minimum absolute atomic E-state index is 0.0271. The smallest absolute Gasteiger partial charge is 0.196 e. The van der Waals surface area contributed by atoms with E-state index in [-0.39, 0.29) is 5.78 Å². The summed E-state index contributed by atoms with van der Waals surface area (Å²) in [6, 6.07) is 15.6. The molecule has 0 fully saturated rings. The third kappa shape index (κ3) is 3.14. The van der Waals surface area contributed by atoms with Gasteiger partial charge in [-0.05, 0) is 38.0 Å². The van der Waals surface area contributed by atoms with Crippen LogP contribution in [0.15, 0.2) is 48.5 Å². The maximum atomic E-state index is 12.8. The molecule has 0 aliphatic heterocycles. The largest absolute Gasteiger partial charge is 0.366 e. The first-order valence-electron chi connectivity index (χ1n) is 6.91. The van der Waals surface area contributed by atoms with Crippen molar-refractivity contribution in [2.75, 3.05) is 6.61 Å². The van der Waals surface area contributed by atoms with Gasteiger partial charge >= 0.3 is 0 Å². The molecule has 1 unspecified atom stereocenters. The van der Waals surface area contributed by atoms with Crippen LogP contribution in [0.4, 0.5) is 0 Å². The van der Waals surface area contributed by atoms with Crippen LogP contribution in [0.2, 0.25) is 0 Å². The Kier molecular flexibility index (Phi) is 4.70. The highest BCUT2D eigenvalue weighted by atomic mass is 16.5. The fourth-order valence-electron chi connectivity index (χ4n) is 2.26. The summed E-state index contributed by atoms with van der Waals surface area (Å²) in [4.78, 5) is 12.8. The summed E-state index contributed by atoms with van der Waals surface area (Å²) >= 11 is 0. The lowest BCUT2D eigenvalue weighted by molar-refractivity contribution is 0.0452. The number of ether oxygens (including phenoxy) is 1. The number of hydrogen-bond donors (Lipinski definition) is 0. The van der Waals surface area contributed by atoms with Crippen LogP contribution in [-0.2, 0) is 4.74 Å². The number of rotatable bonds is 5. The Morgan fingerprint density at radius 2 is 1.80 bits per heavy atom. The molecule has 2 nitrogen and oxygen atoms in total. The van der Waals surface area contributed by atoms with Gasteiger partial charge < -0.3 is 4.74 Å². The van der Waals surface area contributed by atoms with Crippen LogP contribution in [0.5, 0.6) is 0 Å². The molecule has 0 aliphatic rings. The number of carbonyl (C=O) groups is 1. The summed E-state index contributed by atoms with van der Waals surface area (Å²) in [6.07, 6.45) is -0.526. The maximum Gasteiger partial charge on any atom is 0.196 e. The quantitative estimate of drug-likeness (QED) is 0.757. The van der Waals surface area contributed by atoms with Gasteiger partial charge in [0.15, 0.2) is 5.78 Å². The Hall–Kier alpha value is -1.93. The van der Waals surface area contributed by atoms with Gasteiger partial charge in [0.05, 0.1) is 0 Å². The van der Waals surface area contributed by atoms with Crippen molar-refractivity contribution in [2.24, 2.45) is 0 Å². The SMILES string of the molecule is CCOC(C(=O)c1cc(C)ccc1C)c1ccccc1. The zero-order valence-corrected chi connectivity index (χ0v) is 12.2. The van der Waals surface area contributed by atoms with E-state index in [1.807, 2.05) is 69.3 Å². The third-order valence-corrected chi connectivity index (χ3v) is 3.33. The molecule has 0 saturated carbocycles. The molecule has 0 aliphatic carbocycles. The van der Waals surface area contributed by atoms with Crippen LogP contribution in [0.1, 0.15) is 40.1 Å². The van der Waals surface area contributed by atoms with Crippen molar-refractivity contribution in [1.82, 2.24) is 0 Å². The van der Waals surface area contributed by atoms with Crippen molar-refractivity contribution in [3.8, 4) is 0 Å². The first kappa shape index (κ1) is 14.5. The van der Waals surface area contributed by atoms with E-state index in [0.717, 1.165) is 22.3 Å². The summed E-state index contributed by atoms with van der Waals surface area (Å²) in [6.45, 7) is 6.37. The van der Waals surface area contributed by atoms with E-state index in [0.29, 0.717) is 6.61 Å². The molecule has 2 aromatic carbocycles.